The highest BCUT2D eigenvalue weighted by molar-refractivity contribution is 6.02. The van der Waals surface area contributed by atoms with Crippen LogP contribution in [0, 0.1) is 0 Å². The van der Waals surface area contributed by atoms with E-state index in [1.165, 1.54) is 4.90 Å². The van der Waals surface area contributed by atoms with Crippen LogP contribution in [0.5, 0.6) is 0 Å². The molecule has 0 unspecified atom stereocenters. The van der Waals surface area contributed by atoms with Crippen LogP contribution in [0.15, 0.2) is 115 Å². The van der Waals surface area contributed by atoms with Gasteiger partial charge < -0.3 is 34.3 Å². The number of aliphatic hydroxyl groups excluding tert-OH is 3. The highest BCUT2D eigenvalue weighted by atomic mass is 16.7. The lowest BCUT2D eigenvalue weighted by molar-refractivity contribution is -0.287. The molecule has 13 nitrogen and oxygen atoms in total. The van der Waals surface area contributed by atoms with Crippen molar-refractivity contribution in [3.05, 3.63) is 138 Å². The fourth-order valence-electron chi connectivity index (χ4n) is 6.58. The van der Waals surface area contributed by atoms with E-state index >= 15 is 0 Å². The van der Waals surface area contributed by atoms with E-state index in [1.807, 2.05) is 72.8 Å². The molecule has 0 aromatic heterocycles. The number of carbonyl (C=O) groups is 4. The van der Waals surface area contributed by atoms with Crippen LogP contribution in [0.3, 0.4) is 0 Å². The molecule has 7 atom stereocenters. The van der Waals surface area contributed by atoms with E-state index in [9.17, 15) is 34.5 Å². The van der Waals surface area contributed by atoms with Gasteiger partial charge in [0.25, 0.3) is 0 Å². The number of hydrogen-bond donors (Lipinski definition) is 4. The summed E-state index contributed by atoms with van der Waals surface area (Å²) in [6.45, 7) is -0.744. The molecule has 4 aromatic carbocycles. The molecule has 4 N–H and O–H groups in total. The average Bonchev–Trinajstić information content (AvgIpc) is 3.34. The van der Waals surface area contributed by atoms with Crippen LogP contribution in [0.4, 0.5) is 5.69 Å². The Labute approximate surface area is 318 Å². The van der Waals surface area contributed by atoms with Crippen molar-refractivity contribution in [1.82, 2.24) is 5.32 Å². The molecule has 4 aromatic rings. The normalized spacial score (nSPS) is 22.8. The van der Waals surface area contributed by atoms with E-state index in [0.29, 0.717) is 36.9 Å². The number of anilines is 1. The van der Waals surface area contributed by atoms with Crippen molar-refractivity contribution in [2.75, 3.05) is 11.4 Å². The summed E-state index contributed by atoms with van der Waals surface area (Å²) >= 11 is 0. The molecule has 1 amide bonds. The molecule has 2 aliphatic rings. The molecular weight excluding hydrogens is 708 g/mol. The number of nitrogens with one attached hydrogen (secondary N) is 1. The number of aliphatic hydroxyl groups is 3. The number of carbonyl (C=O) groups excluding carboxylic acids is 4. The number of nitrogens with zero attached hydrogens (tertiary/aromatic N) is 1. The SMILES string of the molecule is O=C(CN1C(=O)[C@@H](N[C@@H](CCc2ccccc2)C(=O)OCc2ccccc2)CCc2ccccc21)O[C@@H]1O[C@@H](C(=O)OCc2ccccc2)[C@@H](O)[C@@H](O)[C@H]1O. The number of fused-ring (bicyclic) bond motifs is 1. The quantitative estimate of drug-likeness (QED) is 0.109. The maximum Gasteiger partial charge on any atom is 0.338 e. The second-order valence-electron chi connectivity index (χ2n) is 13.5. The largest absolute Gasteiger partial charge is 0.460 e. The minimum Gasteiger partial charge on any atom is -0.460 e. The number of amides is 1. The standard InChI is InChI=1S/C42H44N2O11/c45-34(54-42-37(48)35(46)36(47)38(55-42)41(51)53-26-29-16-8-3-9-17-29)24-44-33-19-11-10-18-30(33)21-23-31(39(44)49)43-32(22-20-27-12-4-1-5-13-27)40(50)52-25-28-14-6-2-7-15-28/h1-19,31-32,35-38,42-43,46-48H,20-26H2/t31-,32-,35+,36-,37+,38+,42+/m0/s1. The van der Waals surface area contributed by atoms with E-state index in [-0.39, 0.29) is 13.2 Å². The monoisotopic (exact) mass is 752 g/mol. The summed E-state index contributed by atoms with van der Waals surface area (Å²) in [5.41, 5.74) is 3.70. The third-order valence-corrected chi connectivity index (χ3v) is 9.58. The predicted molar refractivity (Wildman–Crippen MR) is 198 cm³/mol. The number of rotatable bonds is 14. The van der Waals surface area contributed by atoms with Crippen molar-refractivity contribution in [1.29, 1.82) is 0 Å². The second-order valence-corrected chi connectivity index (χ2v) is 13.5. The Morgan fingerprint density at radius 2 is 1.33 bits per heavy atom. The van der Waals surface area contributed by atoms with Crippen LogP contribution in [-0.2, 0) is 64.2 Å². The van der Waals surface area contributed by atoms with Gasteiger partial charge in [0, 0.05) is 5.69 Å². The summed E-state index contributed by atoms with van der Waals surface area (Å²) in [5, 5.41) is 35.0. The Bertz CT molecular complexity index is 1900. The minimum absolute atomic E-state index is 0.0532. The fourth-order valence-corrected chi connectivity index (χ4v) is 6.58. The van der Waals surface area contributed by atoms with Crippen molar-refractivity contribution in [2.45, 2.75) is 81.7 Å². The van der Waals surface area contributed by atoms with Crippen molar-refractivity contribution >= 4 is 29.5 Å². The third kappa shape index (κ3) is 10.2. The van der Waals surface area contributed by atoms with Gasteiger partial charge in [0.05, 0.1) is 6.04 Å². The summed E-state index contributed by atoms with van der Waals surface area (Å²) in [6, 6.07) is 32.9. The molecule has 2 heterocycles. The lowest BCUT2D eigenvalue weighted by atomic mass is 9.99. The molecule has 1 fully saturated rings. The number of aryl methyl sites for hydroxylation is 2. The Hall–Kier alpha value is -5.44. The molecule has 2 aliphatic heterocycles. The second kappa shape index (κ2) is 18.7. The zero-order valence-corrected chi connectivity index (χ0v) is 30.0. The van der Waals surface area contributed by atoms with Crippen molar-refractivity contribution in [3.63, 3.8) is 0 Å². The molecule has 0 aliphatic carbocycles. The molecule has 55 heavy (non-hydrogen) atoms. The van der Waals surface area contributed by atoms with Crippen LogP contribution in [-0.4, -0.2) is 88.5 Å². The first kappa shape index (κ1) is 39.3. The maximum atomic E-state index is 14.3. The van der Waals surface area contributed by atoms with Gasteiger partial charge in [-0.15, -0.1) is 0 Å². The van der Waals surface area contributed by atoms with E-state index in [2.05, 4.69) is 5.32 Å². The van der Waals surface area contributed by atoms with Gasteiger partial charge >= 0.3 is 17.9 Å². The maximum absolute atomic E-state index is 14.3. The number of hydrogen-bond acceptors (Lipinski definition) is 12. The smallest absolute Gasteiger partial charge is 0.338 e. The molecule has 0 bridgehead atoms. The first-order valence-corrected chi connectivity index (χ1v) is 18.2. The topological polar surface area (TPSA) is 181 Å². The van der Waals surface area contributed by atoms with Crippen molar-refractivity contribution in [2.24, 2.45) is 0 Å². The highest BCUT2D eigenvalue weighted by Crippen LogP contribution is 2.29. The lowest BCUT2D eigenvalue weighted by Gasteiger charge is -2.38. The van der Waals surface area contributed by atoms with Gasteiger partial charge in [0.1, 0.15) is 44.1 Å². The molecule has 0 radical (unpaired) electrons. The van der Waals surface area contributed by atoms with Gasteiger partial charge in [-0.1, -0.05) is 109 Å². The Kier molecular flexibility index (Phi) is 13.4. The Morgan fingerprint density at radius 1 is 0.745 bits per heavy atom. The van der Waals surface area contributed by atoms with Crippen LogP contribution in [0.1, 0.15) is 35.1 Å². The predicted octanol–water partition coefficient (Wildman–Crippen LogP) is 2.76. The summed E-state index contributed by atoms with van der Waals surface area (Å²) in [4.78, 5) is 55.5. The molecule has 288 valence electrons. The minimum atomic E-state index is -1.93. The zero-order chi connectivity index (χ0) is 38.7. The third-order valence-electron chi connectivity index (χ3n) is 9.58. The molecule has 1 saturated heterocycles. The number of esters is 3. The first-order valence-electron chi connectivity index (χ1n) is 18.2. The van der Waals surface area contributed by atoms with E-state index in [0.717, 1.165) is 16.7 Å². The van der Waals surface area contributed by atoms with Gasteiger partial charge in [-0.25, -0.2) is 4.79 Å². The van der Waals surface area contributed by atoms with Crippen LogP contribution in [0.2, 0.25) is 0 Å². The zero-order valence-electron chi connectivity index (χ0n) is 30.0. The summed E-state index contributed by atoms with van der Waals surface area (Å²) in [5.74, 6) is -3.11. The molecule has 0 saturated carbocycles. The number of ether oxygens (including phenoxy) is 4. The summed E-state index contributed by atoms with van der Waals surface area (Å²) in [6.07, 6.45) is -7.80. The van der Waals surface area contributed by atoms with Crippen LogP contribution >= 0.6 is 0 Å². The van der Waals surface area contributed by atoms with E-state index in [1.54, 1.807) is 42.5 Å². The fraction of sp³-hybridized carbons (Fsp3) is 0.333. The average molecular weight is 753 g/mol. The highest BCUT2D eigenvalue weighted by Gasteiger charge is 2.49. The van der Waals surface area contributed by atoms with Crippen LogP contribution in [0.25, 0.3) is 0 Å². The van der Waals surface area contributed by atoms with Gasteiger partial charge in [-0.3, -0.25) is 24.6 Å². The summed E-state index contributed by atoms with van der Waals surface area (Å²) < 4.78 is 21.9. The van der Waals surface area contributed by atoms with Crippen molar-refractivity contribution in [3.8, 4) is 0 Å². The van der Waals surface area contributed by atoms with Gasteiger partial charge in [0.15, 0.2) is 6.10 Å². The molecular formula is C42H44N2O11. The molecule has 13 heteroatoms. The number of para-hydroxylation sites is 1. The van der Waals surface area contributed by atoms with E-state index < -0.39 is 73.1 Å². The van der Waals surface area contributed by atoms with Gasteiger partial charge in [0.2, 0.25) is 12.2 Å². The molecule has 0 spiro atoms. The Balaban J connectivity index is 1.15. The van der Waals surface area contributed by atoms with Gasteiger partial charge in [-0.05, 0) is 54.0 Å². The summed E-state index contributed by atoms with van der Waals surface area (Å²) in [7, 11) is 0. The van der Waals surface area contributed by atoms with Gasteiger partial charge in [-0.2, -0.15) is 0 Å². The first-order chi connectivity index (χ1) is 26.7. The van der Waals surface area contributed by atoms with Crippen LogP contribution < -0.4 is 10.2 Å². The van der Waals surface area contributed by atoms with E-state index in [4.69, 9.17) is 18.9 Å². The lowest BCUT2D eigenvalue weighted by Crippen LogP contribution is -2.61. The number of benzene rings is 4. The van der Waals surface area contributed by atoms with Crippen molar-refractivity contribution < 1.29 is 53.4 Å². The molecule has 6 rings (SSSR count). The Morgan fingerprint density at radius 3 is 1.98 bits per heavy atom.